The van der Waals surface area contributed by atoms with Crippen molar-refractivity contribution < 1.29 is 19.8 Å². The molecule has 1 heterocycles. The largest absolute Gasteiger partial charge is 0.481 e. The lowest BCUT2D eigenvalue weighted by Gasteiger charge is -2.32. The molecule has 2 N–H and O–H groups in total. The van der Waals surface area contributed by atoms with Gasteiger partial charge in [-0.1, -0.05) is 78.9 Å². The molecule has 5 heteroatoms. The van der Waals surface area contributed by atoms with Crippen LogP contribution < -0.4 is 0 Å². The molecule has 1 unspecified atom stereocenters. The van der Waals surface area contributed by atoms with Gasteiger partial charge in [-0.2, -0.15) is 0 Å². The highest BCUT2D eigenvalue weighted by Gasteiger charge is 2.29. The van der Waals surface area contributed by atoms with Crippen LogP contribution in [-0.4, -0.2) is 46.5 Å². The Kier molecular flexibility index (Phi) is 8.57. The predicted molar refractivity (Wildman–Crippen MR) is 146 cm³/mol. The van der Waals surface area contributed by atoms with E-state index in [0.29, 0.717) is 17.9 Å². The van der Waals surface area contributed by atoms with Gasteiger partial charge in [0.1, 0.15) is 0 Å². The summed E-state index contributed by atoms with van der Waals surface area (Å²) in [6.07, 6.45) is 3.23. The number of aliphatic hydroxyl groups is 1. The van der Waals surface area contributed by atoms with Gasteiger partial charge in [-0.15, -0.1) is 0 Å². The molecule has 0 radical (unpaired) electrons. The Hall–Kier alpha value is -3.28. The maximum atomic E-state index is 12.6. The number of carbonyl (C=O) groups is 2. The average Bonchev–Trinajstić information content (AvgIpc) is 2.93. The van der Waals surface area contributed by atoms with Gasteiger partial charge in [-0.3, -0.25) is 9.59 Å². The quantitative estimate of drug-likeness (QED) is 0.336. The summed E-state index contributed by atoms with van der Waals surface area (Å²) in [5.74, 6) is -0.291. The van der Waals surface area contributed by atoms with Gasteiger partial charge in [0, 0.05) is 11.1 Å². The molecule has 1 aliphatic heterocycles. The van der Waals surface area contributed by atoms with Crippen LogP contribution in [0.25, 0.3) is 0 Å². The van der Waals surface area contributed by atoms with E-state index >= 15 is 0 Å². The number of aliphatic hydroxyl groups excluding tert-OH is 1. The molecule has 0 aromatic heterocycles. The van der Waals surface area contributed by atoms with Gasteiger partial charge < -0.3 is 15.1 Å². The van der Waals surface area contributed by atoms with Gasteiger partial charge in [0.2, 0.25) is 0 Å². The maximum Gasteiger partial charge on any atom is 0.313 e. The van der Waals surface area contributed by atoms with Crippen LogP contribution in [0.5, 0.6) is 0 Å². The van der Waals surface area contributed by atoms with Crippen molar-refractivity contribution in [3.8, 4) is 0 Å². The van der Waals surface area contributed by atoms with Crippen molar-refractivity contribution in [1.82, 2.24) is 4.90 Å². The monoisotopic (exact) mass is 499 g/mol. The Balaban J connectivity index is 1.21. The number of hydrogen-bond donors (Lipinski definition) is 2. The van der Waals surface area contributed by atoms with Crippen molar-refractivity contribution in [2.24, 2.45) is 0 Å². The molecule has 0 aliphatic carbocycles. The number of rotatable bonds is 10. The van der Waals surface area contributed by atoms with Crippen LogP contribution >= 0.6 is 0 Å². The zero-order valence-electron chi connectivity index (χ0n) is 21.8. The van der Waals surface area contributed by atoms with Crippen molar-refractivity contribution in [2.75, 3.05) is 19.6 Å². The lowest BCUT2D eigenvalue weighted by Crippen LogP contribution is -2.33. The number of benzene rings is 3. The summed E-state index contributed by atoms with van der Waals surface area (Å²) >= 11 is 0. The van der Waals surface area contributed by atoms with Crippen molar-refractivity contribution in [2.45, 2.75) is 57.0 Å². The number of likely N-dealkylation sites (tertiary alicyclic amines) is 1. The topological polar surface area (TPSA) is 77.8 Å². The molecule has 3 aromatic carbocycles. The van der Waals surface area contributed by atoms with Crippen LogP contribution in [-0.2, 0) is 10.2 Å². The number of ketones is 1. The third-order valence-corrected chi connectivity index (χ3v) is 7.77. The zero-order valence-corrected chi connectivity index (χ0v) is 21.8. The molecule has 1 aliphatic rings. The first kappa shape index (κ1) is 26.8. The summed E-state index contributed by atoms with van der Waals surface area (Å²) in [6, 6.07) is 24.8. The van der Waals surface area contributed by atoms with E-state index < -0.39 is 17.5 Å². The predicted octanol–water partition coefficient (Wildman–Crippen LogP) is 5.97. The molecule has 1 saturated heterocycles. The van der Waals surface area contributed by atoms with Gasteiger partial charge in [-0.25, -0.2) is 0 Å². The third-order valence-electron chi connectivity index (χ3n) is 7.77. The third kappa shape index (κ3) is 6.54. The van der Waals surface area contributed by atoms with E-state index in [9.17, 15) is 19.8 Å². The summed E-state index contributed by atoms with van der Waals surface area (Å²) in [5.41, 5.74) is 3.36. The first-order chi connectivity index (χ1) is 17.8. The molecule has 1 atom stereocenters. The Bertz CT molecular complexity index is 1180. The number of carboxylic acid groups (broad SMARTS) is 1. The van der Waals surface area contributed by atoms with Gasteiger partial charge in [0.25, 0.3) is 0 Å². The number of carboxylic acids is 1. The second kappa shape index (κ2) is 11.8. The van der Waals surface area contributed by atoms with Crippen LogP contribution in [0.2, 0.25) is 0 Å². The molecular weight excluding hydrogens is 462 g/mol. The molecule has 0 saturated carbocycles. The minimum absolute atomic E-state index is 0.0594. The van der Waals surface area contributed by atoms with E-state index in [0.717, 1.165) is 55.6 Å². The summed E-state index contributed by atoms with van der Waals surface area (Å²) in [6.45, 7) is 6.39. The highest BCUT2D eigenvalue weighted by Crippen LogP contribution is 2.30. The van der Waals surface area contributed by atoms with Gasteiger partial charge in [0.05, 0.1) is 11.5 Å². The minimum atomic E-state index is -0.947. The molecule has 1 fully saturated rings. The van der Waals surface area contributed by atoms with E-state index in [-0.39, 0.29) is 5.78 Å². The van der Waals surface area contributed by atoms with Crippen molar-refractivity contribution in [3.63, 3.8) is 0 Å². The van der Waals surface area contributed by atoms with E-state index in [2.05, 4.69) is 17.0 Å². The first-order valence-electron chi connectivity index (χ1n) is 13.2. The highest BCUT2D eigenvalue weighted by molar-refractivity contribution is 6.08. The van der Waals surface area contributed by atoms with E-state index in [1.165, 1.54) is 5.56 Å². The van der Waals surface area contributed by atoms with Crippen LogP contribution in [0.15, 0.2) is 78.9 Å². The number of carbonyl (C=O) groups excluding carboxylic acids is 1. The Labute approximate surface area is 219 Å². The lowest BCUT2D eigenvalue weighted by molar-refractivity contribution is -0.142. The molecule has 3 aromatic rings. The normalized spacial score (nSPS) is 15.9. The smallest absolute Gasteiger partial charge is 0.313 e. The van der Waals surface area contributed by atoms with Crippen LogP contribution in [0.4, 0.5) is 0 Å². The summed E-state index contributed by atoms with van der Waals surface area (Å²) < 4.78 is 0. The van der Waals surface area contributed by atoms with Crippen molar-refractivity contribution in [1.29, 1.82) is 0 Å². The SMILES string of the molecule is CC(C)(C(=O)O)c1ccc(C(O)CCCN2CCC(c3ccc(C(=O)c4ccccc4)cc3)CC2)cc1. The standard InChI is InChI=1S/C32H37NO4/c1-32(2,31(36)37)28-16-14-25(15-17-28)29(34)9-6-20-33-21-18-24(19-22-33)23-10-12-27(13-11-23)30(35)26-7-4-3-5-8-26/h3-5,7-8,10-17,24,29,34H,6,9,18-22H2,1-2H3,(H,36,37). The van der Waals surface area contributed by atoms with Crippen LogP contribution in [0.3, 0.4) is 0 Å². The summed E-state index contributed by atoms with van der Waals surface area (Å²) in [7, 11) is 0. The van der Waals surface area contributed by atoms with Gasteiger partial charge in [-0.05, 0) is 81.8 Å². The fourth-order valence-corrected chi connectivity index (χ4v) is 5.07. The fourth-order valence-electron chi connectivity index (χ4n) is 5.07. The molecule has 194 valence electrons. The average molecular weight is 500 g/mol. The summed E-state index contributed by atoms with van der Waals surface area (Å²) in [5, 5.41) is 20.0. The molecule has 0 bridgehead atoms. The molecule has 0 amide bonds. The number of nitrogens with zero attached hydrogens (tertiary/aromatic N) is 1. The van der Waals surface area contributed by atoms with Gasteiger partial charge in [0.15, 0.2) is 5.78 Å². The number of aliphatic carboxylic acids is 1. The molecule has 4 rings (SSSR count). The molecule has 5 nitrogen and oxygen atoms in total. The number of hydrogen-bond acceptors (Lipinski definition) is 4. The Morgan fingerprint density at radius 2 is 1.49 bits per heavy atom. The van der Waals surface area contributed by atoms with Crippen molar-refractivity contribution in [3.05, 3.63) is 107 Å². The lowest BCUT2D eigenvalue weighted by atomic mass is 9.84. The highest BCUT2D eigenvalue weighted by atomic mass is 16.4. The maximum absolute atomic E-state index is 12.6. The van der Waals surface area contributed by atoms with Gasteiger partial charge >= 0.3 is 5.97 Å². The fraction of sp³-hybridized carbons (Fsp3) is 0.375. The first-order valence-corrected chi connectivity index (χ1v) is 13.2. The zero-order chi connectivity index (χ0) is 26.4. The molecule has 37 heavy (non-hydrogen) atoms. The second-order valence-corrected chi connectivity index (χ2v) is 10.6. The Morgan fingerprint density at radius 3 is 2.08 bits per heavy atom. The van der Waals surface area contributed by atoms with Crippen LogP contribution in [0.1, 0.15) is 84.2 Å². The Morgan fingerprint density at radius 1 is 0.892 bits per heavy atom. The molecule has 0 spiro atoms. The van der Waals surface area contributed by atoms with Crippen LogP contribution in [0, 0.1) is 0 Å². The minimum Gasteiger partial charge on any atom is -0.481 e. The summed E-state index contributed by atoms with van der Waals surface area (Å²) in [4.78, 5) is 26.6. The van der Waals surface area contributed by atoms with E-state index in [1.807, 2.05) is 66.7 Å². The van der Waals surface area contributed by atoms with Crippen molar-refractivity contribution >= 4 is 11.8 Å². The van der Waals surface area contributed by atoms with E-state index in [1.54, 1.807) is 13.8 Å². The second-order valence-electron chi connectivity index (χ2n) is 10.6. The van der Waals surface area contributed by atoms with E-state index in [4.69, 9.17) is 0 Å². The molecular formula is C32H37NO4. The number of piperidine rings is 1.